The average molecular weight is 343 g/mol. The molecule has 118 valence electrons. The highest BCUT2D eigenvalue weighted by atomic mass is 32.2. The van der Waals surface area contributed by atoms with E-state index >= 15 is 0 Å². The highest BCUT2D eigenvalue weighted by Gasteiger charge is 2.27. The van der Waals surface area contributed by atoms with Crippen molar-refractivity contribution in [2.45, 2.75) is 43.1 Å². The fourth-order valence-electron chi connectivity index (χ4n) is 2.36. The number of aryl methyl sites for hydroxylation is 1. The Bertz CT molecular complexity index is 789. The van der Waals surface area contributed by atoms with Crippen LogP contribution in [0.4, 0.5) is 0 Å². The molecule has 0 radical (unpaired) electrons. The lowest BCUT2D eigenvalue weighted by Crippen LogP contribution is -1.98. The molecular formula is C16H17N5S2. The van der Waals surface area contributed by atoms with Crippen molar-refractivity contribution in [2.75, 3.05) is 0 Å². The summed E-state index contributed by atoms with van der Waals surface area (Å²) in [5.41, 5.74) is 3.62. The fraction of sp³-hybridized carbons (Fsp3) is 0.375. The van der Waals surface area contributed by atoms with Crippen LogP contribution in [-0.2, 0) is 12.2 Å². The maximum atomic E-state index is 4.75. The molecule has 0 amide bonds. The number of rotatable bonds is 6. The standard InChI is InChI=1S/C16H17N5S2/c1-2-11-3-5-12(6-4-11)15-17-13(9-22-15)10-23-16-18-19-20-21(16)14-7-8-14/h3-6,9,14H,2,7-8,10H2,1H3. The Morgan fingerprint density at radius 2 is 2.09 bits per heavy atom. The number of hydrogen-bond donors (Lipinski definition) is 0. The molecule has 0 bridgehead atoms. The van der Waals surface area contributed by atoms with E-state index in [1.807, 2.05) is 4.68 Å². The van der Waals surface area contributed by atoms with Crippen LogP contribution < -0.4 is 0 Å². The first-order chi connectivity index (χ1) is 11.3. The van der Waals surface area contributed by atoms with Gasteiger partial charge in [-0.15, -0.1) is 16.4 Å². The summed E-state index contributed by atoms with van der Waals surface area (Å²) in [6, 6.07) is 9.17. The number of nitrogens with zero attached hydrogens (tertiary/aromatic N) is 5. The number of thioether (sulfide) groups is 1. The molecule has 1 aliphatic carbocycles. The van der Waals surface area contributed by atoms with Crippen LogP contribution in [0, 0.1) is 0 Å². The zero-order chi connectivity index (χ0) is 15.6. The van der Waals surface area contributed by atoms with Crippen molar-refractivity contribution in [3.8, 4) is 10.6 Å². The van der Waals surface area contributed by atoms with Gasteiger partial charge in [0, 0.05) is 16.7 Å². The van der Waals surface area contributed by atoms with Crippen LogP contribution in [0.2, 0.25) is 0 Å². The summed E-state index contributed by atoms with van der Waals surface area (Å²) in [5.74, 6) is 0.802. The van der Waals surface area contributed by atoms with E-state index < -0.39 is 0 Å². The molecule has 0 unspecified atom stereocenters. The number of hydrogen-bond acceptors (Lipinski definition) is 6. The summed E-state index contributed by atoms with van der Waals surface area (Å²) in [4.78, 5) is 4.75. The monoisotopic (exact) mass is 343 g/mol. The van der Waals surface area contributed by atoms with Crippen molar-refractivity contribution in [3.05, 3.63) is 40.9 Å². The summed E-state index contributed by atoms with van der Waals surface area (Å²) in [5, 5.41) is 16.1. The summed E-state index contributed by atoms with van der Waals surface area (Å²) < 4.78 is 1.95. The molecule has 0 saturated heterocycles. The Kier molecular flexibility index (Phi) is 4.13. The van der Waals surface area contributed by atoms with Crippen LogP contribution in [0.25, 0.3) is 10.6 Å². The Hall–Kier alpha value is -1.73. The quantitative estimate of drug-likeness (QED) is 0.634. The molecule has 7 heteroatoms. The molecule has 0 aliphatic heterocycles. The highest BCUT2D eigenvalue weighted by molar-refractivity contribution is 7.98. The van der Waals surface area contributed by atoms with E-state index in [0.29, 0.717) is 6.04 Å². The van der Waals surface area contributed by atoms with Gasteiger partial charge in [-0.25, -0.2) is 9.67 Å². The van der Waals surface area contributed by atoms with Gasteiger partial charge >= 0.3 is 0 Å². The lowest BCUT2D eigenvalue weighted by molar-refractivity contribution is 0.565. The average Bonchev–Trinajstić information content (AvgIpc) is 3.14. The Balaban J connectivity index is 1.44. The second kappa shape index (κ2) is 6.41. The van der Waals surface area contributed by atoms with Gasteiger partial charge in [-0.2, -0.15) is 0 Å². The van der Waals surface area contributed by atoms with Gasteiger partial charge in [0.1, 0.15) is 5.01 Å². The molecule has 0 spiro atoms. The number of aromatic nitrogens is 5. The molecule has 23 heavy (non-hydrogen) atoms. The fourth-order valence-corrected chi connectivity index (χ4v) is 4.12. The first-order valence-electron chi connectivity index (χ1n) is 7.78. The SMILES string of the molecule is CCc1ccc(-c2nc(CSc3nnnn3C3CC3)cs2)cc1. The molecule has 1 aromatic carbocycles. The second-order valence-electron chi connectivity index (χ2n) is 5.62. The van der Waals surface area contributed by atoms with Gasteiger partial charge in [0.2, 0.25) is 5.16 Å². The van der Waals surface area contributed by atoms with Crippen LogP contribution in [0.15, 0.2) is 34.8 Å². The van der Waals surface area contributed by atoms with Crippen molar-refractivity contribution in [1.82, 2.24) is 25.2 Å². The van der Waals surface area contributed by atoms with Crippen molar-refractivity contribution in [1.29, 1.82) is 0 Å². The molecule has 1 aliphatic rings. The predicted molar refractivity (Wildman–Crippen MR) is 92.6 cm³/mol. The minimum atomic E-state index is 0.510. The smallest absolute Gasteiger partial charge is 0.209 e. The summed E-state index contributed by atoms with van der Waals surface area (Å²) >= 11 is 3.35. The van der Waals surface area contributed by atoms with E-state index in [-0.39, 0.29) is 0 Å². The zero-order valence-corrected chi connectivity index (χ0v) is 14.5. The van der Waals surface area contributed by atoms with Crippen LogP contribution in [0.1, 0.15) is 37.1 Å². The van der Waals surface area contributed by atoms with Gasteiger partial charge in [-0.1, -0.05) is 43.0 Å². The molecule has 0 N–H and O–H groups in total. The summed E-state index contributed by atoms with van der Waals surface area (Å²) in [7, 11) is 0. The molecule has 2 heterocycles. The van der Waals surface area contributed by atoms with Crippen molar-refractivity contribution in [2.24, 2.45) is 0 Å². The van der Waals surface area contributed by atoms with Gasteiger partial charge in [0.15, 0.2) is 0 Å². The van der Waals surface area contributed by atoms with Crippen LogP contribution >= 0.6 is 23.1 Å². The largest absolute Gasteiger partial charge is 0.240 e. The molecule has 2 aromatic heterocycles. The van der Waals surface area contributed by atoms with Crippen LogP contribution in [0.3, 0.4) is 0 Å². The summed E-state index contributed by atoms with van der Waals surface area (Å²) in [6.07, 6.45) is 3.44. The van der Waals surface area contributed by atoms with E-state index in [4.69, 9.17) is 4.98 Å². The van der Waals surface area contributed by atoms with E-state index in [1.165, 1.54) is 24.0 Å². The maximum absolute atomic E-state index is 4.75. The topological polar surface area (TPSA) is 56.5 Å². The normalized spacial score (nSPS) is 14.3. The van der Waals surface area contributed by atoms with Crippen LogP contribution in [-0.4, -0.2) is 25.2 Å². The third kappa shape index (κ3) is 3.30. The van der Waals surface area contributed by atoms with E-state index in [9.17, 15) is 0 Å². The van der Waals surface area contributed by atoms with E-state index in [2.05, 4.69) is 52.1 Å². The minimum Gasteiger partial charge on any atom is -0.240 e. The zero-order valence-electron chi connectivity index (χ0n) is 12.8. The lowest BCUT2D eigenvalue weighted by Gasteiger charge is -2.00. The van der Waals surface area contributed by atoms with Crippen molar-refractivity contribution >= 4 is 23.1 Å². The molecule has 0 atom stereocenters. The third-order valence-corrected chi connectivity index (χ3v) is 5.77. The van der Waals surface area contributed by atoms with Gasteiger partial charge < -0.3 is 0 Å². The first kappa shape index (κ1) is 14.8. The number of thiazole rings is 1. The van der Waals surface area contributed by atoms with Crippen molar-refractivity contribution in [3.63, 3.8) is 0 Å². The van der Waals surface area contributed by atoms with Gasteiger partial charge in [-0.05, 0) is 35.3 Å². The lowest BCUT2D eigenvalue weighted by atomic mass is 10.1. The van der Waals surface area contributed by atoms with Gasteiger partial charge in [0.25, 0.3) is 0 Å². The van der Waals surface area contributed by atoms with Crippen LogP contribution in [0.5, 0.6) is 0 Å². The number of tetrazole rings is 1. The first-order valence-corrected chi connectivity index (χ1v) is 9.64. The van der Waals surface area contributed by atoms with Gasteiger partial charge in [0.05, 0.1) is 11.7 Å². The van der Waals surface area contributed by atoms with Gasteiger partial charge in [-0.3, -0.25) is 0 Å². The third-order valence-electron chi connectivity index (χ3n) is 3.87. The Labute approximate surface area is 143 Å². The highest BCUT2D eigenvalue weighted by Crippen LogP contribution is 2.37. The number of benzene rings is 1. The summed E-state index contributed by atoms with van der Waals surface area (Å²) in [6.45, 7) is 2.17. The molecular weight excluding hydrogens is 326 g/mol. The maximum Gasteiger partial charge on any atom is 0.209 e. The van der Waals surface area contributed by atoms with Crippen molar-refractivity contribution < 1.29 is 0 Å². The molecule has 4 rings (SSSR count). The van der Waals surface area contributed by atoms with E-state index in [1.54, 1.807) is 23.1 Å². The molecule has 5 nitrogen and oxygen atoms in total. The molecule has 1 saturated carbocycles. The Morgan fingerprint density at radius 1 is 1.26 bits per heavy atom. The second-order valence-corrected chi connectivity index (χ2v) is 7.42. The Morgan fingerprint density at radius 3 is 2.83 bits per heavy atom. The molecule has 3 aromatic rings. The van der Waals surface area contributed by atoms with E-state index in [0.717, 1.165) is 28.0 Å². The predicted octanol–water partition coefficient (Wildman–Crippen LogP) is 3.99. The molecule has 1 fully saturated rings. The minimum absolute atomic E-state index is 0.510.